The molecular weight excluding hydrogens is 342 g/mol. The molecule has 6 nitrogen and oxygen atoms in total. The van der Waals surface area contributed by atoms with Gasteiger partial charge in [0.2, 0.25) is 5.91 Å². The van der Waals surface area contributed by atoms with Crippen LogP contribution in [0.4, 0.5) is 0 Å². The van der Waals surface area contributed by atoms with Crippen LogP contribution in [0, 0.1) is 11.8 Å². The van der Waals surface area contributed by atoms with E-state index in [2.05, 4.69) is 15.7 Å². The standard InChI is InChI=1S/C21H35N3O3/c25-21(24-12-14-3-1-5-16(24)9-14)20-11-18(27-23-20)13-26-17-6-7-19-15(10-17)4-2-8-22-19/h14-20,22-23H,1-13H2/t14-,15?,16-,17?,18?,19?,20?/m0/s1. The molecular formula is C21H35N3O3. The normalized spacial score (nSPS) is 44.3. The number of fused-ring (bicyclic) bond motifs is 3. The number of ether oxygens (including phenoxy) is 1. The van der Waals surface area contributed by atoms with Gasteiger partial charge in [0, 0.05) is 25.0 Å². The van der Waals surface area contributed by atoms with E-state index in [1.165, 1.54) is 57.9 Å². The van der Waals surface area contributed by atoms with Crippen LogP contribution in [0.15, 0.2) is 0 Å². The van der Waals surface area contributed by atoms with Crippen molar-refractivity contribution in [2.75, 3.05) is 19.7 Å². The van der Waals surface area contributed by atoms with Crippen LogP contribution >= 0.6 is 0 Å². The van der Waals surface area contributed by atoms with Gasteiger partial charge in [-0.05, 0) is 69.7 Å². The minimum atomic E-state index is -0.184. The van der Waals surface area contributed by atoms with Gasteiger partial charge in [-0.3, -0.25) is 9.63 Å². The second kappa shape index (κ2) is 7.97. The Morgan fingerprint density at radius 1 is 1.07 bits per heavy atom. The fraction of sp³-hybridized carbons (Fsp3) is 0.952. The largest absolute Gasteiger partial charge is 0.375 e. The fourth-order valence-electron chi connectivity index (χ4n) is 6.25. The van der Waals surface area contributed by atoms with Gasteiger partial charge in [-0.2, -0.15) is 5.48 Å². The van der Waals surface area contributed by atoms with E-state index in [0.29, 0.717) is 24.8 Å². The van der Waals surface area contributed by atoms with E-state index in [4.69, 9.17) is 9.57 Å². The summed E-state index contributed by atoms with van der Waals surface area (Å²) in [7, 11) is 0. The number of hydrogen-bond donors (Lipinski definition) is 2. The Labute approximate surface area is 162 Å². The lowest BCUT2D eigenvalue weighted by Crippen LogP contribution is -2.46. The summed E-state index contributed by atoms with van der Waals surface area (Å²) in [6.45, 7) is 2.75. The number of carbonyl (C=O) groups is 1. The molecule has 6 heteroatoms. The first-order valence-electron chi connectivity index (χ1n) is 11.3. The van der Waals surface area contributed by atoms with Gasteiger partial charge in [-0.1, -0.05) is 6.42 Å². The van der Waals surface area contributed by atoms with E-state index in [-0.39, 0.29) is 18.1 Å². The number of hydroxylamine groups is 1. The van der Waals surface area contributed by atoms with E-state index in [0.717, 1.165) is 31.2 Å². The van der Waals surface area contributed by atoms with Crippen molar-refractivity contribution in [2.24, 2.45) is 11.8 Å². The highest BCUT2D eigenvalue weighted by Gasteiger charge is 2.42. The Kier molecular flexibility index (Phi) is 5.42. The molecule has 3 aliphatic heterocycles. The van der Waals surface area contributed by atoms with Gasteiger partial charge < -0.3 is 15.0 Å². The highest BCUT2D eigenvalue weighted by atomic mass is 16.7. The topological polar surface area (TPSA) is 62.8 Å². The van der Waals surface area contributed by atoms with Gasteiger partial charge in [0.15, 0.2) is 0 Å². The minimum Gasteiger partial charge on any atom is -0.375 e. The van der Waals surface area contributed by atoms with Crippen molar-refractivity contribution in [3.05, 3.63) is 0 Å². The number of likely N-dealkylation sites (tertiary alicyclic amines) is 1. The van der Waals surface area contributed by atoms with Crippen molar-refractivity contribution < 1.29 is 14.4 Å². The molecule has 0 radical (unpaired) electrons. The Morgan fingerprint density at radius 2 is 2.04 bits per heavy atom. The number of nitrogens with zero attached hydrogens (tertiary/aromatic N) is 1. The summed E-state index contributed by atoms with van der Waals surface area (Å²) < 4.78 is 6.22. The van der Waals surface area contributed by atoms with Crippen LogP contribution < -0.4 is 10.8 Å². The van der Waals surface area contributed by atoms with E-state index < -0.39 is 0 Å². The summed E-state index contributed by atoms with van der Waals surface area (Å²) >= 11 is 0. The molecule has 3 saturated heterocycles. The van der Waals surface area contributed by atoms with Crippen LogP contribution in [-0.4, -0.2) is 60.8 Å². The van der Waals surface area contributed by atoms with Crippen molar-refractivity contribution in [1.82, 2.24) is 15.7 Å². The SMILES string of the molecule is O=C(C1CC(COC2CCC3NCCCC3C2)ON1)N1C[C@H]2CCC[C@H]1C2. The lowest BCUT2D eigenvalue weighted by Gasteiger charge is -2.39. The summed E-state index contributed by atoms with van der Waals surface area (Å²) in [5, 5.41) is 3.67. The molecule has 2 saturated carbocycles. The van der Waals surface area contributed by atoms with Gasteiger partial charge in [0.05, 0.1) is 12.7 Å². The highest BCUT2D eigenvalue weighted by molar-refractivity contribution is 5.82. The molecule has 0 aromatic carbocycles. The average Bonchev–Trinajstić information content (AvgIpc) is 3.30. The predicted octanol–water partition coefficient (Wildman–Crippen LogP) is 1.99. The second-order valence-electron chi connectivity index (χ2n) is 9.55. The van der Waals surface area contributed by atoms with Crippen LogP contribution in [0.5, 0.6) is 0 Å². The molecule has 3 heterocycles. The smallest absolute Gasteiger partial charge is 0.242 e. The molecule has 152 valence electrons. The monoisotopic (exact) mass is 377 g/mol. The molecule has 2 aliphatic carbocycles. The summed E-state index contributed by atoms with van der Waals surface area (Å²) in [5.74, 6) is 1.77. The molecule has 0 aromatic rings. The van der Waals surface area contributed by atoms with E-state index >= 15 is 0 Å². The first-order chi connectivity index (χ1) is 13.3. The fourth-order valence-corrected chi connectivity index (χ4v) is 6.25. The molecule has 2 N–H and O–H groups in total. The Hall–Kier alpha value is -0.690. The van der Waals surface area contributed by atoms with Crippen molar-refractivity contribution in [3.8, 4) is 0 Å². The summed E-state index contributed by atoms with van der Waals surface area (Å²) in [6.07, 6.45) is 12.3. The third kappa shape index (κ3) is 3.91. The highest BCUT2D eigenvalue weighted by Crippen LogP contribution is 2.36. The molecule has 1 amide bonds. The van der Waals surface area contributed by atoms with Crippen LogP contribution in [0.25, 0.3) is 0 Å². The van der Waals surface area contributed by atoms with Gasteiger partial charge >= 0.3 is 0 Å². The second-order valence-corrected chi connectivity index (χ2v) is 9.55. The Morgan fingerprint density at radius 3 is 2.96 bits per heavy atom. The van der Waals surface area contributed by atoms with Crippen LogP contribution in [0.1, 0.15) is 64.2 Å². The number of carbonyl (C=O) groups excluding carboxylic acids is 1. The molecule has 7 atom stereocenters. The van der Waals surface area contributed by atoms with Gasteiger partial charge in [0.25, 0.3) is 0 Å². The van der Waals surface area contributed by atoms with E-state index in [1.807, 2.05) is 0 Å². The molecule has 5 unspecified atom stereocenters. The molecule has 5 aliphatic rings. The van der Waals surface area contributed by atoms with Crippen molar-refractivity contribution in [2.45, 2.75) is 94.5 Å². The maximum absolute atomic E-state index is 12.9. The molecule has 2 bridgehead atoms. The zero-order valence-corrected chi connectivity index (χ0v) is 16.4. The average molecular weight is 378 g/mol. The van der Waals surface area contributed by atoms with Gasteiger partial charge in [-0.15, -0.1) is 0 Å². The predicted molar refractivity (Wildman–Crippen MR) is 102 cm³/mol. The summed E-state index contributed by atoms with van der Waals surface area (Å²) in [6, 6.07) is 1.01. The number of nitrogens with one attached hydrogen (secondary N) is 2. The summed E-state index contributed by atoms with van der Waals surface area (Å²) in [5.41, 5.74) is 3.02. The molecule has 27 heavy (non-hydrogen) atoms. The number of amides is 1. The van der Waals surface area contributed by atoms with Crippen LogP contribution in [0.3, 0.4) is 0 Å². The maximum Gasteiger partial charge on any atom is 0.242 e. The quantitative estimate of drug-likeness (QED) is 0.785. The minimum absolute atomic E-state index is 0.00290. The first kappa shape index (κ1) is 18.3. The first-order valence-corrected chi connectivity index (χ1v) is 11.3. The third-order valence-electron chi connectivity index (χ3n) is 7.72. The molecule has 5 fully saturated rings. The van der Waals surface area contributed by atoms with Crippen molar-refractivity contribution in [1.29, 1.82) is 0 Å². The third-order valence-corrected chi connectivity index (χ3v) is 7.72. The Balaban J connectivity index is 1.07. The molecule has 5 rings (SSSR count). The van der Waals surface area contributed by atoms with E-state index in [9.17, 15) is 4.79 Å². The van der Waals surface area contributed by atoms with Crippen molar-refractivity contribution in [3.63, 3.8) is 0 Å². The Bertz CT molecular complexity index is 545. The molecule has 0 spiro atoms. The summed E-state index contributed by atoms with van der Waals surface area (Å²) in [4.78, 5) is 20.8. The van der Waals surface area contributed by atoms with Crippen molar-refractivity contribution >= 4 is 5.91 Å². The zero-order chi connectivity index (χ0) is 18.2. The van der Waals surface area contributed by atoms with E-state index in [1.54, 1.807) is 0 Å². The maximum atomic E-state index is 12.9. The van der Waals surface area contributed by atoms with Crippen LogP contribution in [-0.2, 0) is 14.4 Å². The van der Waals surface area contributed by atoms with Gasteiger partial charge in [0.1, 0.15) is 12.1 Å². The van der Waals surface area contributed by atoms with Gasteiger partial charge in [-0.25, -0.2) is 0 Å². The number of piperidine rings is 1. The zero-order valence-electron chi connectivity index (χ0n) is 16.4. The van der Waals surface area contributed by atoms with Crippen LogP contribution in [0.2, 0.25) is 0 Å². The molecule has 0 aromatic heterocycles. The lowest BCUT2D eigenvalue weighted by atomic mass is 9.78. The number of hydrogen-bond acceptors (Lipinski definition) is 5. The number of rotatable bonds is 4. The lowest BCUT2D eigenvalue weighted by molar-refractivity contribution is -0.135.